The van der Waals surface area contributed by atoms with E-state index in [0.717, 1.165) is 34.8 Å². The lowest BCUT2D eigenvalue weighted by molar-refractivity contribution is 0.363. The van der Waals surface area contributed by atoms with E-state index in [1.165, 1.54) is 0 Å². The van der Waals surface area contributed by atoms with E-state index in [4.69, 9.17) is 9.51 Å². The lowest BCUT2D eigenvalue weighted by atomic mass is 10.1. The van der Waals surface area contributed by atoms with Gasteiger partial charge >= 0.3 is 0 Å². The van der Waals surface area contributed by atoms with Crippen molar-refractivity contribution in [1.82, 2.24) is 24.7 Å². The first-order chi connectivity index (χ1) is 12.6. The average molecular weight is 348 g/mol. The summed E-state index contributed by atoms with van der Waals surface area (Å²) >= 11 is 0. The first kappa shape index (κ1) is 16.3. The van der Waals surface area contributed by atoms with Gasteiger partial charge in [-0.15, -0.1) is 0 Å². The second-order valence-electron chi connectivity index (χ2n) is 6.22. The summed E-state index contributed by atoms with van der Waals surface area (Å²) in [4.78, 5) is 9.14. The zero-order chi connectivity index (χ0) is 18.1. The highest BCUT2D eigenvalue weighted by Crippen LogP contribution is 2.25. The summed E-state index contributed by atoms with van der Waals surface area (Å²) in [6.45, 7) is 5.94. The SMILES string of the molecule is CCc1noc([C@H](C)Nc2cc(-c3ccccc3)nc3cc(C)nn23)n1. The van der Waals surface area contributed by atoms with Crippen molar-refractivity contribution < 1.29 is 4.52 Å². The second kappa shape index (κ2) is 6.59. The van der Waals surface area contributed by atoms with Crippen molar-refractivity contribution in [2.75, 3.05) is 5.32 Å². The average Bonchev–Trinajstić information content (AvgIpc) is 3.28. The molecule has 0 saturated carbocycles. The second-order valence-corrected chi connectivity index (χ2v) is 6.22. The zero-order valence-corrected chi connectivity index (χ0v) is 15.0. The molecule has 0 unspecified atom stereocenters. The largest absolute Gasteiger partial charge is 0.358 e. The Balaban J connectivity index is 1.75. The fourth-order valence-electron chi connectivity index (χ4n) is 2.82. The molecule has 3 heterocycles. The summed E-state index contributed by atoms with van der Waals surface area (Å²) in [5.41, 5.74) is 3.63. The minimum absolute atomic E-state index is 0.151. The van der Waals surface area contributed by atoms with Crippen LogP contribution in [0.15, 0.2) is 47.0 Å². The van der Waals surface area contributed by atoms with Gasteiger partial charge in [-0.25, -0.2) is 4.98 Å². The van der Waals surface area contributed by atoms with Gasteiger partial charge in [0.1, 0.15) is 11.9 Å². The third-order valence-electron chi connectivity index (χ3n) is 4.15. The highest BCUT2D eigenvalue weighted by atomic mass is 16.5. The third-order valence-corrected chi connectivity index (χ3v) is 4.15. The number of nitrogens with one attached hydrogen (secondary N) is 1. The maximum atomic E-state index is 5.35. The highest BCUT2D eigenvalue weighted by Gasteiger charge is 2.17. The molecule has 0 spiro atoms. The summed E-state index contributed by atoms with van der Waals surface area (Å²) in [5, 5.41) is 11.9. The highest BCUT2D eigenvalue weighted by molar-refractivity contribution is 5.66. The Hall–Kier alpha value is -3.22. The molecule has 7 heteroatoms. The number of benzene rings is 1. The quantitative estimate of drug-likeness (QED) is 0.590. The number of fused-ring (bicyclic) bond motifs is 1. The summed E-state index contributed by atoms with van der Waals surface area (Å²) in [6.07, 6.45) is 0.742. The van der Waals surface area contributed by atoms with Crippen LogP contribution in [0, 0.1) is 6.92 Å². The number of aromatic nitrogens is 5. The van der Waals surface area contributed by atoms with Gasteiger partial charge in [0.2, 0.25) is 5.89 Å². The standard InChI is InChI=1S/C19H20N6O/c1-4-16-22-19(26-24-16)13(3)20-18-11-15(14-8-6-5-7-9-14)21-17-10-12(2)23-25(17)18/h5-11,13,20H,4H2,1-3H3/t13-/m0/s1. The van der Waals surface area contributed by atoms with E-state index < -0.39 is 0 Å². The van der Waals surface area contributed by atoms with Gasteiger partial charge in [0, 0.05) is 24.1 Å². The van der Waals surface area contributed by atoms with Gasteiger partial charge in [-0.05, 0) is 13.8 Å². The van der Waals surface area contributed by atoms with Gasteiger partial charge in [-0.3, -0.25) is 0 Å². The van der Waals surface area contributed by atoms with E-state index in [1.54, 1.807) is 4.52 Å². The van der Waals surface area contributed by atoms with Crippen LogP contribution in [0.5, 0.6) is 0 Å². The summed E-state index contributed by atoms with van der Waals surface area (Å²) < 4.78 is 7.15. The van der Waals surface area contributed by atoms with Crippen LogP contribution < -0.4 is 5.32 Å². The van der Waals surface area contributed by atoms with Crippen molar-refractivity contribution in [2.24, 2.45) is 0 Å². The molecule has 1 atom stereocenters. The lowest BCUT2D eigenvalue weighted by Gasteiger charge is -2.14. The van der Waals surface area contributed by atoms with Gasteiger partial charge in [-0.1, -0.05) is 42.4 Å². The van der Waals surface area contributed by atoms with Gasteiger partial charge in [0.15, 0.2) is 11.5 Å². The van der Waals surface area contributed by atoms with Crippen molar-refractivity contribution >= 4 is 11.5 Å². The molecule has 26 heavy (non-hydrogen) atoms. The van der Waals surface area contributed by atoms with Gasteiger partial charge < -0.3 is 9.84 Å². The monoisotopic (exact) mass is 348 g/mol. The molecule has 7 nitrogen and oxygen atoms in total. The molecule has 4 rings (SSSR count). The Morgan fingerprint density at radius 2 is 1.96 bits per heavy atom. The molecule has 0 aliphatic rings. The molecule has 1 aromatic carbocycles. The predicted octanol–water partition coefficient (Wildman–Crippen LogP) is 3.82. The Bertz CT molecular complexity index is 1040. The summed E-state index contributed by atoms with van der Waals surface area (Å²) in [7, 11) is 0. The molecule has 0 bridgehead atoms. The molecular weight excluding hydrogens is 328 g/mol. The Labute approximate surface area is 151 Å². The predicted molar refractivity (Wildman–Crippen MR) is 98.9 cm³/mol. The van der Waals surface area contributed by atoms with Crippen molar-refractivity contribution in [3.8, 4) is 11.3 Å². The molecule has 1 N–H and O–H groups in total. The maximum Gasteiger partial charge on any atom is 0.248 e. The number of rotatable bonds is 5. The smallest absolute Gasteiger partial charge is 0.248 e. The van der Waals surface area contributed by atoms with Crippen LogP contribution in [0.25, 0.3) is 16.9 Å². The van der Waals surface area contributed by atoms with E-state index in [2.05, 4.69) is 20.6 Å². The van der Waals surface area contributed by atoms with Crippen LogP contribution in [0.4, 0.5) is 5.82 Å². The van der Waals surface area contributed by atoms with Gasteiger partial charge in [-0.2, -0.15) is 14.6 Å². The van der Waals surface area contributed by atoms with Crippen molar-refractivity contribution in [1.29, 1.82) is 0 Å². The minimum atomic E-state index is -0.151. The fourth-order valence-corrected chi connectivity index (χ4v) is 2.82. The van der Waals surface area contributed by atoms with Gasteiger partial charge in [0.05, 0.1) is 11.4 Å². The first-order valence-electron chi connectivity index (χ1n) is 8.66. The number of hydrogen-bond acceptors (Lipinski definition) is 6. The fraction of sp³-hybridized carbons (Fsp3) is 0.263. The van der Waals surface area contributed by atoms with E-state index in [0.29, 0.717) is 11.7 Å². The number of aryl methyl sites for hydroxylation is 2. The Morgan fingerprint density at radius 1 is 1.15 bits per heavy atom. The molecule has 0 aliphatic carbocycles. The van der Waals surface area contributed by atoms with Crippen molar-refractivity contribution in [3.63, 3.8) is 0 Å². The van der Waals surface area contributed by atoms with E-state index in [9.17, 15) is 0 Å². The summed E-state index contributed by atoms with van der Waals surface area (Å²) in [6, 6.07) is 13.9. The van der Waals surface area contributed by atoms with Gasteiger partial charge in [0.25, 0.3) is 0 Å². The van der Waals surface area contributed by atoms with E-state index in [1.807, 2.05) is 63.2 Å². The van der Waals surface area contributed by atoms with Crippen LogP contribution in [0.1, 0.15) is 37.3 Å². The first-order valence-corrected chi connectivity index (χ1v) is 8.66. The molecule has 4 aromatic rings. The maximum absolute atomic E-state index is 5.35. The van der Waals surface area contributed by atoms with E-state index in [-0.39, 0.29) is 6.04 Å². The molecule has 0 radical (unpaired) electrons. The number of nitrogens with zero attached hydrogens (tertiary/aromatic N) is 5. The Morgan fingerprint density at radius 3 is 2.69 bits per heavy atom. The van der Waals surface area contributed by atoms with Crippen molar-refractivity contribution in [3.05, 3.63) is 59.9 Å². The minimum Gasteiger partial charge on any atom is -0.358 e. The molecule has 0 fully saturated rings. The molecule has 0 saturated heterocycles. The van der Waals surface area contributed by atoms with Crippen LogP contribution in [-0.2, 0) is 6.42 Å². The van der Waals surface area contributed by atoms with Crippen LogP contribution in [-0.4, -0.2) is 24.7 Å². The Kier molecular flexibility index (Phi) is 4.12. The molecule has 132 valence electrons. The molecule has 0 amide bonds. The topological polar surface area (TPSA) is 81.1 Å². The molecule has 0 aliphatic heterocycles. The molecular formula is C19H20N6O. The van der Waals surface area contributed by atoms with Crippen molar-refractivity contribution in [2.45, 2.75) is 33.2 Å². The van der Waals surface area contributed by atoms with E-state index >= 15 is 0 Å². The number of anilines is 1. The normalized spacial score (nSPS) is 12.4. The third kappa shape index (κ3) is 3.03. The van der Waals surface area contributed by atoms with Crippen LogP contribution in [0.2, 0.25) is 0 Å². The number of hydrogen-bond donors (Lipinski definition) is 1. The molecule has 3 aromatic heterocycles. The van der Waals surface area contributed by atoms with Crippen LogP contribution in [0.3, 0.4) is 0 Å². The zero-order valence-electron chi connectivity index (χ0n) is 15.0. The van der Waals surface area contributed by atoms with Crippen LogP contribution >= 0.6 is 0 Å². The lowest BCUT2D eigenvalue weighted by Crippen LogP contribution is -2.11. The summed E-state index contributed by atoms with van der Waals surface area (Å²) in [5.74, 6) is 2.08.